The molecule has 2 amide bonds. The molecule has 0 radical (unpaired) electrons. The normalized spacial score (nSPS) is 19.3. The molecule has 3 N–H and O–H groups in total. The molecule has 1 rings (SSSR count). The lowest BCUT2D eigenvalue weighted by Crippen LogP contribution is -2.57. The van der Waals surface area contributed by atoms with E-state index in [4.69, 9.17) is 0 Å². The molecule has 0 aliphatic heterocycles. The van der Waals surface area contributed by atoms with Crippen LogP contribution in [0.15, 0.2) is 0 Å². The first-order chi connectivity index (χ1) is 8.75. The molecule has 0 saturated heterocycles. The topological polar surface area (TPSA) is 78.4 Å². The third-order valence-corrected chi connectivity index (χ3v) is 3.17. The minimum Gasteiger partial charge on any atom is -0.480 e. The largest absolute Gasteiger partial charge is 0.480 e. The van der Waals surface area contributed by atoms with E-state index in [1.165, 1.54) is 0 Å². The molecule has 1 aliphatic carbocycles. The van der Waals surface area contributed by atoms with E-state index >= 15 is 0 Å². The van der Waals surface area contributed by atoms with Gasteiger partial charge in [0, 0.05) is 0 Å². The summed E-state index contributed by atoms with van der Waals surface area (Å²) < 4.78 is 35.9. The van der Waals surface area contributed by atoms with E-state index in [1.54, 1.807) is 5.32 Å². The molecule has 0 heterocycles. The van der Waals surface area contributed by atoms with Crippen LogP contribution in [0.2, 0.25) is 0 Å². The lowest BCUT2D eigenvalue weighted by molar-refractivity contribution is -0.145. The molecule has 0 aromatic carbocycles. The summed E-state index contributed by atoms with van der Waals surface area (Å²) in [6.45, 7) is -1.48. The van der Waals surface area contributed by atoms with Gasteiger partial charge in [-0.05, 0) is 12.8 Å². The molecule has 1 aliphatic rings. The number of halogens is 3. The summed E-state index contributed by atoms with van der Waals surface area (Å²) in [5, 5.41) is 13.1. The number of rotatable bonds is 3. The highest BCUT2D eigenvalue weighted by Gasteiger charge is 2.40. The molecule has 0 unspecified atom stereocenters. The summed E-state index contributed by atoms with van der Waals surface area (Å²) >= 11 is 0. The molecule has 110 valence electrons. The number of carboxylic acid groups (broad SMARTS) is 1. The fourth-order valence-electron chi connectivity index (χ4n) is 2.17. The van der Waals surface area contributed by atoms with Crippen molar-refractivity contribution < 1.29 is 27.9 Å². The smallest absolute Gasteiger partial charge is 0.405 e. The van der Waals surface area contributed by atoms with Gasteiger partial charge in [-0.15, -0.1) is 0 Å². The number of amides is 2. The first-order valence-corrected chi connectivity index (χ1v) is 6.11. The summed E-state index contributed by atoms with van der Waals surface area (Å²) in [7, 11) is 0. The molecule has 0 aromatic heterocycles. The van der Waals surface area contributed by atoms with Gasteiger partial charge >= 0.3 is 18.2 Å². The van der Waals surface area contributed by atoms with Crippen LogP contribution >= 0.6 is 0 Å². The maximum Gasteiger partial charge on any atom is 0.405 e. The highest BCUT2D eigenvalue weighted by molar-refractivity contribution is 5.86. The zero-order valence-corrected chi connectivity index (χ0v) is 10.3. The number of nitrogens with one attached hydrogen (secondary N) is 2. The van der Waals surface area contributed by atoms with Crippen LogP contribution in [0, 0.1) is 0 Å². The molecule has 0 spiro atoms. The van der Waals surface area contributed by atoms with Crippen molar-refractivity contribution in [2.75, 3.05) is 6.54 Å². The van der Waals surface area contributed by atoms with Crippen LogP contribution in [0.1, 0.15) is 38.5 Å². The molecule has 8 heteroatoms. The Balaban J connectivity index is 2.62. The second kappa shape index (κ2) is 6.12. The van der Waals surface area contributed by atoms with Crippen LogP contribution in [0.5, 0.6) is 0 Å². The van der Waals surface area contributed by atoms with E-state index < -0.39 is 30.3 Å². The summed E-state index contributed by atoms with van der Waals surface area (Å²) in [6, 6.07) is -1.10. The number of alkyl halides is 3. The first-order valence-electron chi connectivity index (χ1n) is 6.11. The van der Waals surface area contributed by atoms with Crippen LogP contribution in [0.3, 0.4) is 0 Å². The van der Waals surface area contributed by atoms with Crippen LogP contribution in [0.25, 0.3) is 0 Å². The molecule has 0 atom stereocenters. The average molecular weight is 282 g/mol. The second-order valence-corrected chi connectivity index (χ2v) is 4.72. The fraction of sp³-hybridized carbons (Fsp3) is 0.818. The standard InChI is InChI=1S/C11H17F3N2O3/c12-11(13,14)7-15-9(19)16-10(8(17)18)5-3-1-2-4-6-10/h1-7H2,(H,17,18)(H2,15,16,19). The number of hydrogen-bond acceptors (Lipinski definition) is 2. The van der Waals surface area contributed by atoms with Gasteiger partial charge in [-0.2, -0.15) is 13.2 Å². The summed E-state index contributed by atoms with van der Waals surface area (Å²) in [5.74, 6) is -1.20. The molecule has 0 aromatic rings. The Morgan fingerprint density at radius 3 is 2.05 bits per heavy atom. The minimum atomic E-state index is -4.52. The van der Waals surface area contributed by atoms with Crippen LogP contribution in [-0.2, 0) is 4.79 Å². The summed E-state index contributed by atoms with van der Waals surface area (Å²) in [6.07, 6.45) is -1.06. The molecule has 19 heavy (non-hydrogen) atoms. The van der Waals surface area contributed by atoms with Crippen molar-refractivity contribution in [2.45, 2.75) is 50.2 Å². The van der Waals surface area contributed by atoms with Crippen molar-refractivity contribution in [3.05, 3.63) is 0 Å². The Morgan fingerprint density at radius 2 is 1.63 bits per heavy atom. The van der Waals surface area contributed by atoms with Gasteiger partial charge in [0.1, 0.15) is 12.1 Å². The zero-order chi connectivity index (χ0) is 14.5. The Bertz CT molecular complexity index is 337. The quantitative estimate of drug-likeness (QED) is 0.693. The van der Waals surface area contributed by atoms with Gasteiger partial charge in [0.05, 0.1) is 0 Å². The van der Waals surface area contributed by atoms with E-state index in [9.17, 15) is 27.9 Å². The number of carbonyl (C=O) groups is 2. The van der Waals surface area contributed by atoms with E-state index in [1.807, 2.05) is 0 Å². The predicted molar refractivity (Wildman–Crippen MR) is 60.7 cm³/mol. The van der Waals surface area contributed by atoms with Gasteiger partial charge in [-0.1, -0.05) is 25.7 Å². The Labute approximate surface area is 108 Å². The summed E-state index contributed by atoms with van der Waals surface area (Å²) in [5.41, 5.74) is -1.45. The molecule has 5 nitrogen and oxygen atoms in total. The number of carboxylic acids is 1. The Hall–Kier alpha value is -1.47. The highest BCUT2D eigenvalue weighted by Crippen LogP contribution is 2.27. The van der Waals surface area contributed by atoms with Crippen LogP contribution in [0.4, 0.5) is 18.0 Å². The lowest BCUT2D eigenvalue weighted by Gasteiger charge is -2.29. The van der Waals surface area contributed by atoms with Crippen LogP contribution in [-0.4, -0.2) is 35.4 Å². The fourth-order valence-corrected chi connectivity index (χ4v) is 2.17. The van der Waals surface area contributed by atoms with E-state index in [2.05, 4.69) is 5.32 Å². The van der Waals surface area contributed by atoms with Crippen molar-refractivity contribution >= 4 is 12.0 Å². The van der Waals surface area contributed by atoms with Gasteiger partial charge in [-0.3, -0.25) is 0 Å². The zero-order valence-electron chi connectivity index (χ0n) is 10.3. The van der Waals surface area contributed by atoms with Gasteiger partial charge in [-0.25, -0.2) is 9.59 Å². The van der Waals surface area contributed by atoms with Gasteiger partial charge < -0.3 is 15.7 Å². The Kier molecular flexibility index (Phi) is 5.02. The minimum absolute atomic E-state index is 0.238. The van der Waals surface area contributed by atoms with Crippen molar-refractivity contribution in [2.24, 2.45) is 0 Å². The molecular formula is C11H17F3N2O3. The van der Waals surface area contributed by atoms with Crippen molar-refractivity contribution in [3.8, 4) is 0 Å². The molecule has 1 saturated carbocycles. The van der Waals surface area contributed by atoms with Gasteiger partial charge in [0.25, 0.3) is 0 Å². The number of urea groups is 1. The summed E-state index contributed by atoms with van der Waals surface area (Å²) in [4.78, 5) is 22.7. The number of aliphatic carboxylic acids is 1. The van der Waals surface area contributed by atoms with E-state index in [0.29, 0.717) is 12.8 Å². The van der Waals surface area contributed by atoms with Crippen molar-refractivity contribution in [1.82, 2.24) is 10.6 Å². The monoisotopic (exact) mass is 282 g/mol. The molecule has 1 fully saturated rings. The van der Waals surface area contributed by atoms with Crippen molar-refractivity contribution in [3.63, 3.8) is 0 Å². The Morgan fingerprint density at radius 1 is 1.11 bits per heavy atom. The van der Waals surface area contributed by atoms with Crippen molar-refractivity contribution in [1.29, 1.82) is 0 Å². The third-order valence-electron chi connectivity index (χ3n) is 3.17. The predicted octanol–water partition coefficient (Wildman–Crippen LogP) is 2.03. The molecular weight excluding hydrogens is 265 g/mol. The van der Waals surface area contributed by atoms with E-state index in [-0.39, 0.29) is 12.8 Å². The average Bonchev–Trinajstić information content (AvgIpc) is 2.52. The maximum absolute atomic E-state index is 12.0. The highest BCUT2D eigenvalue weighted by atomic mass is 19.4. The maximum atomic E-state index is 12.0. The van der Waals surface area contributed by atoms with Gasteiger partial charge in [0.2, 0.25) is 0 Å². The van der Waals surface area contributed by atoms with Crippen LogP contribution < -0.4 is 10.6 Å². The second-order valence-electron chi connectivity index (χ2n) is 4.72. The number of carbonyl (C=O) groups excluding carboxylic acids is 1. The van der Waals surface area contributed by atoms with Gasteiger partial charge in [0.15, 0.2) is 0 Å². The first kappa shape index (κ1) is 15.6. The molecule has 0 bridgehead atoms. The SMILES string of the molecule is O=C(NCC(F)(F)F)NC1(C(=O)O)CCCCCC1. The third kappa shape index (κ3) is 4.96. The van der Waals surface area contributed by atoms with E-state index in [0.717, 1.165) is 12.8 Å². The lowest BCUT2D eigenvalue weighted by atomic mass is 9.90. The number of hydrogen-bond donors (Lipinski definition) is 3.